The van der Waals surface area contributed by atoms with Crippen molar-refractivity contribution in [1.82, 2.24) is 20.2 Å². The summed E-state index contributed by atoms with van der Waals surface area (Å²) in [5, 5.41) is 12.7. The zero-order valence-electron chi connectivity index (χ0n) is 8.17. The summed E-state index contributed by atoms with van der Waals surface area (Å²) < 4.78 is 1.75. The molecule has 78 valence electrons. The molecule has 0 fully saturated rings. The maximum Gasteiger partial charge on any atom is 0.143 e. The smallest absolute Gasteiger partial charge is 0.143 e. The van der Waals surface area contributed by atoms with Crippen LogP contribution in [0.4, 0.5) is 0 Å². The quantitative estimate of drug-likeness (QED) is 0.723. The summed E-state index contributed by atoms with van der Waals surface area (Å²) >= 11 is 0. The first-order valence-electron chi connectivity index (χ1n) is 4.67. The van der Waals surface area contributed by atoms with Crippen LogP contribution in [0.2, 0.25) is 0 Å². The molecule has 1 aromatic carbocycles. The molecule has 1 heterocycles. The average molecular weight is 204 g/mol. The average Bonchev–Trinajstić information content (AvgIpc) is 2.68. The Hall–Kier alpha value is -1.72. The van der Waals surface area contributed by atoms with E-state index >= 15 is 0 Å². The fourth-order valence-corrected chi connectivity index (χ4v) is 1.38. The minimum Gasteiger partial charge on any atom is -0.316 e. The molecule has 5 heteroatoms. The van der Waals surface area contributed by atoms with Crippen molar-refractivity contribution in [2.45, 2.75) is 13.1 Å². The third kappa shape index (κ3) is 2.39. The van der Waals surface area contributed by atoms with Crippen molar-refractivity contribution in [3.8, 4) is 0 Å². The van der Waals surface area contributed by atoms with Crippen LogP contribution in [0, 0.1) is 0 Å². The molecule has 15 heavy (non-hydrogen) atoms. The second-order valence-corrected chi connectivity index (χ2v) is 3.15. The number of benzene rings is 1. The first-order chi connectivity index (χ1) is 7.40. The lowest BCUT2D eigenvalue weighted by Crippen LogP contribution is -2.14. The van der Waals surface area contributed by atoms with Gasteiger partial charge in [0.05, 0.1) is 13.1 Å². The Morgan fingerprint density at radius 2 is 2.07 bits per heavy atom. The van der Waals surface area contributed by atoms with Gasteiger partial charge in [-0.25, -0.2) is 9.67 Å². The van der Waals surface area contributed by atoms with Gasteiger partial charge in [-0.3, -0.25) is 0 Å². The SMILES string of the molecule is ONCc1ncnn1Cc1ccccc1. The molecule has 0 saturated heterocycles. The molecule has 0 aliphatic heterocycles. The van der Waals surface area contributed by atoms with Gasteiger partial charge >= 0.3 is 0 Å². The summed E-state index contributed by atoms with van der Waals surface area (Å²) in [5.74, 6) is 0.710. The van der Waals surface area contributed by atoms with Crippen molar-refractivity contribution in [2.24, 2.45) is 0 Å². The fourth-order valence-electron chi connectivity index (χ4n) is 1.38. The third-order valence-electron chi connectivity index (χ3n) is 2.11. The third-order valence-corrected chi connectivity index (χ3v) is 2.11. The highest BCUT2D eigenvalue weighted by atomic mass is 16.5. The molecule has 2 aromatic rings. The number of rotatable bonds is 4. The lowest BCUT2D eigenvalue weighted by molar-refractivity contribution is 0.157. The summed E-state index contributed by atoms with van der Waals surface area (Å²) in [6.07, 6.45) is 1.48. The molecule has 0 aliphatic carbocycles. The monoisotopic (exact) mass is 204 g/mol. The summed E-state index contributed by atoms with van der Waals surface area (Å²) in [7, 11) is 0. The Morgan fingerprint density at radius 3 is 2.80 bits per heavy atom. The van der Waals surface area contributed by atoms with Gasteiger partial charge in [0.15, 0.2) is 0 Å². The van der Waals surface area contributed by atoms with Crippen molar-refractivity contribution >= 4 is 0 Å². The van der Waals surface area contributed by atoms with Crippen LogP contribution in [0.25, 0.3) is 0 Å². The molecular formula is C10H12N4O. The van der Waals surface area contributed by atoms with E-state index < -0.39 is 0 Å². The van der Waals surface area contributed by atoms with E-state index in [9.17, 15) is 0 Å². The van der Waals surface area contributed by atoms with Crippen molar-refractivity contribution < 1.29 is 5.21 Å². The summed E-state index contributed by atoms with van der Waals surface area (Å²) in [5.41, 5.74) is 3.23. The molecule has 0 unspecified atom stereocenters. The summed E-state index contributed by atoms with van der Waals surface area (Å²) in [6.45, 7) is 0.963. The highest BCUT2D eigenvalue weighted by Crippen LogP contribution is 2.03. The van der Waals surface area contributed by atoms with Gasteiger partial charge in [0.2, 0.25) is 0 Å². The number of hydrogen-bond donors (Lipinski definition) is 2. The maximum absolute atomic E-state index is 8.60. The van der Waals surface area contributed by atoms with E-state index in [0.29, 0.717) is 18.9 Å². The molecule has 0 atom stereocenters. The van der Waals surface area contributed by atoms with Crippen molar-refractivity contribution in [3.63, 3.8) is 0 Å². The minimum absolute atomic E-state index is 0.298. The van der Waals surface area contributed by atoms with Gasteiger partial charge in [0.1, 0.15) is 12.2 Å². The molecule has 2 rings (SSSR count). The van der Waals surface area contributed by atoms with E-state index in [1.54, 1.807) is 4.68 Å². The van der Waals surface area contributed by atoms with E-state index in [1.165, 1.54) is 6.33 Å². The second-order valence-electron chi connectivity index (χ2n) is 3.15. The largest absolute Gasteiger partial charge is 0.316 e. The van der Waals surface area contributed by atoms with Crippen LogP contribution in [0.5, 0.6) is 0 Å². The minimum atomic E-state index is 0.298. The standard InChI is InChI=1S/C10H12N4O/c15-13-6-10-11-8-12-14(10)7-9-4-2-1-3-5-9/h1-5,8,13,15H,6-7H2. The lowest BCUT2D eigenvalue weighted by atomic mass is 10.2. The summed E-state index contributed by atoms with van der Waals surface area (Å²) in [6, 6.07) is 9.99. The molecule has 5 nitrogen and oxygen atoms in total. The molecular weight excluding hydrogens is 192 g/mol. The van der Waals surface area contributed by atoms with E-state index in [-0.39, 0.29) is 0 Å². The number of nitrogens with zero attached hydrogens (tertiary/aromatic N) is 3. The van der Waals surface area contributed by atoms with E-state index in [2.05, 4.69) is 15.6 Å². The Labute approximate surface area is 87.3 Å². The number of hydrogen-bond acceptors (Lipinski definition) is 4. The Kier molecular flexibility index (Phi) is 3.06. The van der Waals surface area contributed by atoms with Gasteiger partial charge in [-0.05, 0) is 5.56 Å². The van der Waals surface area contributed by atoms with E-state index in [4.69, 9.17) is 5.21 Å². The topological polar surface area (TPSA) is 63.0 Å². The molecule has 0 radical (unpaired) electrons. The van der Waals surface area contributed by atoms with Gasteiger partial charge in [-0.15, -0.1) is 0 Å². The van der Waals surface area contributed by atoms with Crippen LogP contribution in [0.1, 0.15) is 11.4 Å². The maximum atomic E-state index is 8.60. The zero-order chi connectivity index (χ0) is 10.5. The molecule has 0 bridgehead atoms. The number of hydroxylamine groups is 1. The Morgan fingerprint density at radius 1 is 1.27 bits per heavy atom. The van der Waals surface area contributed by atoms with Crippen LogP contribution in [-0.4, -0.2) is 20.0 Å². The van der Waals surface area contributed by atoms with Crippen molar-refractivity contribution in [2.75, 3.05) is 0 Å². The van der Waals surface area contributed by atoms with E-state index in [0.717, 1.165) is 5.56 Å². The normalized spacial score (nSPS) is 10.5. The van der Waals surface area contributed by atoms with Gasteiger partial charge in [-0.1, -0.05) is 30.3 Å². The fraction of sp³-hybridized carbons (Fsp3) is 0.200. The van der Waals surface area contributed by atoms with Crippen LogP contribution in [0.3, 0.4) is 0 Å². The predicted molar refractivity (Wildman–Crippen MR) is 54.2 cm³/mol. The second kappa shape index (κ2) is 4.68. The van der Waals surface area contributed by atoms with Crippen LogP contribution < -0.4 is 5.48 Å². The van der Waals surface area contributed by atoms with Crippen LogP contribution in [-0.2, 0) is 13.1 Å². The first kappa shape index (κ1) is 9.82. The summed E-state index contributed by atoms with van der Waals surface area (Å²) in [4.78, 5) is 4.03. The number of aromatic nitrogens is 3. The molecule has 0 saturated carbocycles. The van der Waals surface area contributed by atoms with Gasteiger partial charge in [-0.2, -0.15) is 10.6 Å². The van der Waals surface area contributed by atoms with Crippen molar-refractivity contribution in [1.29, 1.82) is 0 Å². The van der Waals surface area contributed by atoms with Crippen LogP contribution in [0.15, 0.2) is 36.7 Å². The van der Waals surface area contributed by atoms with Gasteiger partial charge < -0.3 is 5.21 Å². The molecule has 1 aromatic heterocycles. The van der Waals surface area contributed by atoms with E-state index in [1.807, 2.05) is 30.3 Å². The van der Waals surface area contributed by atoms with Gasteiger partial charge in [0.25, 0.3) is 0 Å². The highest BCUT2D eigenvalue weighted by molar-refractivity contribution is 5.15. The van der Waals surface area contributed by atoms with Gasteiger partial charge in [0, 0.05) is 0 Å². The van der Waals surface area contributed by atoms with Crippen LogP contribution >= 0.6 is 0 Å². The zero-order valence-corrected chi connectivity index (χ0v) is 8.17. The number of nitrogens with one attached hydrogen (secondary N) is 1. The van der Waals surface area contributed by atoms with Crippen molar-refractivity contribution in [3.05, 3.63) is 48.0 Å². The Bertz CT molecular complexity index is 412. The first-order valence-corrected chi connectivity index (χ1v) is 4.67. The molecule has 0 amide bonds. The molecule has 2 N–H and O–H groups in total. The predicted octanol–water partition coefficient (Wildman–Crippen LogP) is 0.805. The molecule has 0 spiro atoms. The lowest BCUT2D eigenvalue weighted by Gasteiger charge is -2.04. The Balaban J connectivity index is 2.14. The molecule has 0 aliphatic rings. The highest BCUT2D eigenvalue weighted by Gasteiger charge is 2.03.